The number of Topliss-reactive ketones (excluding diaryl/α,β-unsaturated/α-hetero) is 1. The molecule has 0 fully saturated rings. The van der Waals surface area contributed by atoms with E-state index in [2.05, 4.69) is 31.9 Å². The third-order valence-corrected chi connectivity index (χ3v) is 7.38. The number of sulfonamides is 1. The van der Waals surface area contributed by atoms with Gasteiger partial charge in [0.25, 0.3) is 0 Å². The second-order valence-corrected chi connectivity index (χ2v) is 11.2. The molecule has 4 rings (SSSR count). The number of hydrogen-bond acceptors (Lipinski definition) is 5. The zero-order valence-corrected chi connectivity index (χ0v) is 29.2. The average Bonchev–Trinajstić information content (AvgIpc) is 3.04. The van der Waals surface area contributed by atoms with Crippen molar-refractivity contribution in [2.45, 2.75) is 44.6 Å². The number of aliphatic hydroxyl groups excluding tert-OH is 1. The molecule has 4 aromatic rings. The van der Waals surface area contributed by atoms with Crippen LogP contribution in [0.1, 0.15) is 53.4 Å². The second-order valence-electron chi connectivity index (χ2n) is 9.49. The topological polar surface area (TPSA) is 97.6 Å². The van der Waals surface area contributed by atoms with Crippen molar-refractivity contribution in [1.29, 1.82) is 0 Å². The molecule has 44 heavy (non-hydrogen) atoms. The van der Waals surface area contributed by atoms with Crippen LogP contribution in [-0.4, -0.2) is 38.9 Å². The fourth-order valence-corrected chi connectivity index (χ4v) is 4.58. The first kappa shape index (κ1) is 41.3. The SMILES string of the molecule is CC(=O)c1ccccc1.CC(O)c1ccccc1.Cc1ccc(S(=O)(=O)[N-]CCNCCCc2ccccc2)cc1.[CH3-].[Cl][Ru+3]. The van der Waals surface area contributed by atoms with Crippen molar-refractivity contribution in [2.75, 3.05) is 19.6 Å². The first-order valence-electron chi connectivity index (χ1n) is 13.9. The summed E-state index contributed by atoms with van der Waals surface area (Å²) >= 11 is 1.82. The number of rotatable bonds is 11. The van der Waals surface area contributed by atoms with Crippen molar-refractivity contribution >= 4 is 25.5 Å². The van der Waals surface area contributed by atoms with E-state index in [1.54, 1.807) is 38.1 Å². The third kappa shape index (κ3) is 18.2. The molecular weight excluding hydrogens is 681 g/mol. The molecule has 4 aromatic carbocycles. The van der Waals surface area contributed by atoms with Crippen molar-refractivity contribution in [3.05, 3.63) is 150 Å². The van der Waals surface area contributed by atoms with Gasteiger partial charge in [-0.25, -0.2) is 8.42 Å². The molecule has 0 aliphatic rings. The maximum atomic E-state index is 12.0. The van der Waals surface area contributed by atoms with Crippen LogP contribution in [-0.2, 0) is 33.8 Å². The molecule has 2 N–H and O–H groups in total. The molecule has 0 saturated carbocycles. The standard InChI is InChI=1S/C18H23N2O2S.C8H10O.C8H8O.CH3.ClH.Ru/c1-16-9-11-18(12-10-16)23(21,22)20-15-14-19-13-5-8-17-6-3-2-4-7-17;2*1-7(9)8-5-3-2-4-6-8;;;/h2-4,6-7,9-12,19H,5,8,13-15H2,1H3;2-7,9H,1H3;2-6H,1H3;1H3;1H;/q-1;;;-1;;+4/p-1. The van der Waals surface area contributed by atoms with Gasteiger partial charge >= 0.3 is 27.0 Å². The number of carbonyl (C=O) groups excluding carboxylic acids is 1. The van der Waals surface area contributed by atoms with Crippen LogP contribution < -0.4 is 5.32 Å². The summed E-state index contributed by atoms with van der Waals surface area (Å²) in [6.07, 6.45) is 1.70. The molecule has 0 bridgehead atoms. The van der Waals surface area contributed by atoms with E-state index in [1.165, 1.54) is 5.56 Å². The molecule has 238 valence electrons. The van der Waals surface area contributed by atoms with Crippen molar-refractivity contribution in [3.63, 3.8) is 0 Å². The summed E-state index contributed by atoms with van der Waals surface area (Å²) in [7, 11) is 1.04. The van der Waals surface area contributed by atoms with Gasteiger partial charge in [-0.2, -0.15) is 0 Å². The molecule has 0 amide bonds. The predicted octanol–water partition coefficient (Wildman–Crippen LogP) is 8.05. The Balaban J connectivity index is 0.000000723. The Morgan fingerprint density at radius 3 is 1.80 bits per heavy atom. The number of hydrogen-bond donors (Lipinski definition) is 2. The zero-order valence-electron chi connectivity index (χ0n) is 25.8. The number of carbonyl (C=O) groups is 1. The summed E-state index contributed by atoms with van der Waals surface area (Å²) in [5.74, 6) is 0.121. The molecule has 0 aliphatic carbocycles. The van der Waals surface area contributed by atoms with Crippen LogP contribution in [0.5, 0.6) is 0 Å². The van der Waals surface area contributed by atoms with Gasteiger partial charge in [0.1, 0.15) is 10.0 Å². The number of nitrogens with one attached hydrogen (secondary N) is 1. The van der Waals surface area contributed by atoms with Crippen LogP contribution in [0.2, 0.25) is 0 Å². The maximum absolute atomic E-state index is 12.0. The van der Waals surface area contributed by atoms with Crippen LogP contribution >= 0.6 is 9.69 Å². The minimum atomic E-state index is -3.53. The van der Waals surface area contributed by atoms with Crippen LogP contribution in [0, 0.1) is 14.4 Å². The number of benzene rings is 4. The summed E-state index contributed by atoms with van der Waals surface area (Å²) in [5, 5.41) is 12.3. The Hall–Kier alpha value is -2.71. The van der Waals surface area contributed by atoms with Gasteiger partial charge in [-0.3, -0.25) is 4.79 Å². The van der Waals surface area contributed by atoms with Crippen LogP contribution in [0.15, 0.2) is 120 Å². The number of nitrogens with zero attached hydrogens (tertiary/aromatic N) is 1. The molecule has 6 nitrogen and oxygen atoms in total. The second kappa shape index (κ2) is 24.6. The van der Waals surface area contributed by atoms with E-state index in [0.717, 1.165) is 36.1 Å². The summed E-state index contributed by atoms with van der Waals surface area (Å²) < 4.78 is 27.9. The van der Waals surface area contributed by atoms with Crippen LogP contribution in [0.25, 0.3) is 4.72 Å². The summed E-state index contributed by atoms with van der Waals surface area (Å²) in [6.45, 7) is 6.94. The van der Waals surface area contributed by atoms with Gasteiger partial charge < -0.3 is 22.6 Å². The molecule has 0 aromatic heterocycles. The minimum absolute atomic E-state index is 0. The molecular formula is C35H44ClN2O4RuS+. The number of aliphatic hydroxyl groups is 1. The quantitative estimate of drug-likeness (QED) is 0.0707. The van der Waals surface area contributed by atoms with E-state index in [4.69, 9.17) is 5.11 Å². The summed E-state index contributed by atoms with van der Waals surface area (Å²) in [6, 6.07) is 35.9. The number of ketones is 1. The molecule has 0 aliphatic heterocycles. The molecule has 0 saturated heterocycles. The van der Waals surface area contributed by atoms with Crippen LogP contribution in [0.4, 0.5) is 0 Å². The van der Waals surface area contributed by atoms with E-state index in [0.29, 0.717) is 6.54 Å². The monoisotopic (exact) mass is 725 g/mol. The Bertz CT molecular complexity index is 1370. The summed E-state index contributed by atoms with van der Waals surface area (Å²) in [4.78, 5) is 10.9. The van der Waals surface area contributed by atoms with Gasteiger partial charge in [0, 0.05) is 10.5 Å². The van der Waals surface area contributed by atoms with E-state index in [1.807, 2.05) is 103 Å². The van der Waals surface area contributed by atoms with E-state index in [9.17, 15) is 13.2 Å². The number of halogens is 1. The van der Waals surface area contributed by atoms with Gasteiger partial charge in [-0.15, -0.1) is 6.54 Å². The van der Waals surface area contributed by atoms with Gasteiger partial charge in [0.05, 0.1) is 6.10 Å². The van der Waals surface area contributed by atoms with E-state index >= 15 is 0 Å². The Morgan fingerprint density at radius 2 is 1.34 bits per heavy atom. The average molecular weight is 725 g/mol. The molecule has 0 spiro atoms. The third-order valence-electron chi connectivity index (χ3n) is 5.99. The molecule has 9 heteroatoms. The fourth-order valence-electron chi connectivity index (χ4n) is 3.62. The molecule has 1 atom stereocenters. The van der Waals surface area contributed by atoms with Gasteiger partial charge in [-0.1, -0.05) is 109 Å². The van der Waals surface area contributed by atoms with Gasteiger partial charge in [0.2, 0.25) is 0 Å². The molecule has 0 heterocycles. The Kier molecular flexibility index (Phi) is 23.1. The normalized spacial score (nSPS) is 10.7. The summed E-state index contributed by atoms with van der Waals surface area (Å²) in [5.41, 5.74) is 4.10. The van der Waals surface area contributed by atoms with Crippen molar-refractivity contribution in [2.24, 2.45) is 0 Å². The fraction of sp³-hybridized carbons (Fsp3) is 0.257. The van der Waals surface area contributed by atoms with Gasteiger partial charge in [-0.05, 0) is 70.0 Å². The van der Waals surface area contributed by atoms with E-state index in [-0.39, 0.29) is 30.8 Å². The van der Waals surface area contributed by atoms with Crippen LogP contribution in [0.3, 0.4) is 0 Å². The number of aryl methyl sites for hydroxylation is 2. The molecule has 1 unspecified atom stereocenters. The Morgan fingerprint density at radius 1 is 0.841 bits per heavy atom. The van der Waals surface area contributed by atoms with E-state index < -0.39 is 10.0 Å². The predicted molar refractivity (Wildman–Crippen MR) is 180 cm³/mol. The first-order chi connectivity index (χ1) is 20.7. The molecule has 0 radical (unpaired) electrons. The van der Waals surface area contributed by atoms with Crippen molar-refractivity contribution < 1.29 is 35.6 Å². The van der Waals surface area contributed by atoms with Gasteiger partial charge in [0.15, 0.2) is 5.78 Å². The van der Waals surface area contributed by atoms with Crippen molar-refractivity contribution in [3.8, 4) is 0 Å². The Labute approximate surface area is 279 Å². The zero-order chi connectivity index (χ0) is 31.9. The van der Waals surface area contributed by atoms with Crippen molar-refractivity contribution in [1.82, 2.24) is 5.32 Å². The first-order valence-corrected chi connectivity index (χ1v) is 17.5.